The van der Waals surface area contributed by atoms with Crippen molar-refractivity contribution in [2.24, 2.45) is 0 Å². The number of carbonyl (C=O) groups excluding carboxylic acids is 1. The molecule has 2 aromatic rings. The lowest BCUT2D eigenvalue weighted by Crippen LogP contribution is -2.24. The Morgan fingerprint density at radius 1 is 1.36 bits per heavy atom. The van der Waals surface area contributed by atoms with E-state index < -0.39 is 0 Å². The zero-order chi connectivity index (χ0) is 15.8. The molecule has 0 saturated carbocycles. The summed E-state index contributed by atoms with van der Waals surface area (Å²) in [5.74, 6) is 1.11. The lowest BCUT2D eigenvalue weighted by atomic mass is 10.2. The molecule has 2 N–H and O–H groups in total. The van der Waals surface area contributed by atoms with Crippen LogP contribution in [0.25, 0.3) is 0 Å². The second-order valence-corrected chi connectivity index (χ2v) is 4.56. The van der Waals surface area contributed by atoms with Gasteiger partial charge < -0.3 is 15.2 Å². The predicted molar refractivity (Wildman–Crippen MR) is 78.3 cm³/mol. The van der Waals surface area contributed by atoms with E-state index in [1.807, 2.05) is 6.92 Å². The smallest absolute Gasteiger partial charge is 0.251 e. The van der Waals surface area contributed by atoms with Gasteiger partial charge in [-0.2, -0.15) is 0 Å². The van der Waals surface area contributed by atoms with Crippen LogP contribution >= 0.6 is 0 Å². The molecular weight excluding hydrogens is 286 g/mol. The molecule has 0 saturated heterocycles. The first-order valence-electron chi connectivity index (χ1n) is 7.11. The van der Waals surface area contributed by atoms with Crippen LogP contribution in [0, 0.1) is 0 Å². The number of rotatable bonds is 8. The van der Waals surface area contributed by atoms with Crippen LogP contribution in [0.2, 0.25) is 0 Å². The van der Waals surface area contributed by atoms with Crippen molar-refractivity contribution >= 4 is 5.91 Å². The first-order valence-corrected chi connectivity index (χ1v) is 7.11. The summed E-state index contributed by atoms with van der Waals surface area (Å²) in [5, 5.41) is 22.7. The molecule has 0 radical (unpaired) electrons. The quantitative estimate of drug-likeness (QED) is 0.684. The highest BCUT2D eigenvalue weighted by molar-refractivity contribution is 5.94. The number of hydrogen-bond donors (Lipinski definition) is 2. The number of aryl methyl sites for hydroxylation is 1. The topological polar surface area (TPSA) is 102 Å². The Morgan fingerprint density at radius 3 is 2.82 bits per heavy atom. The molecule has 0 bridgehead atoms. The summed E-state index contributed by atoms with van der Waals surface area (Å²) in [6.07, 6.45) is 0.541. The molecule has 1 heterocycles. The van der Waals surface area contributed by atoms with Gasteiger partial charge in [0.1, 0.15) is 12.4 Å². The Hall–Kier alpha value is -2.48. The van der Waals surface area contributed by atoms with Gasteiger partial charge in [0, 0.05) is 25.3 Å². The molecule has 1 aromatic carbocycles. The van der Waals surface area contributed by atoms with Crippen LogP contribution in [0.5, 0.6) is 5.75 Å². The van der Waals surface area contributed by atoms with Crippen molar-refractivity contribution in [3.8, 4) is 5.75 Å². The number of nitrogens with one attached hydrogen (secondary N) is 1. The minimum atomic E-state index is -0.171. The molecule has 8 nitrogen and oxygen atoms in total. The van der Waals surface area contributed by atoms with Gasteiger partial charge in [-0.1, -0.05) is 0 Å². The van der Waals surface area contributed by atoms with E-state index in [0.717, 1.165) is 0 Å². The third-order valence-electron chi connectivity index (χ3n) is 3.01. The van der Waals surface area contributed by atoms with E-state index in [-0.39, 0.29) is 19.1 Å². The minimum absolute atomic E-state index is 0.0598. The van der Waals surface area contributed by atoms with Crippen molar-refractivity contribution in [3.05, 3.63) is 35.7 Å². The monoisotopic (exact) mass is 305 g/mol. The summed E-state index contributed by atoms with van der Waals surface area (Å²) in [7, 11) is 0. The summed E-state index contributed by atoms with van der Waals surface area (Å²) in [4.78, 5) is 11.8. The normalized spacial score (nSPS) is 10.5. The fourth-order valence-corrected chi connectivity index (χ4v) is 1.81. The number of benzene rings is 1. The highest BCUT2D eigenvalue weighted by Gasteiger charge is 2.07. The number of amides is 1. The molecule has 1 amide bonds. The molecule has 8 heteroatoms. The van der Waals surface area contributed by atoms with E-state index in [1.54, 1.807) is 28.9 Å². The molecule has 0 fully saturated rings. The minimum Gasteiger partial charge on any atom is -0.486 e. The van der Waals surface area contributed by atoms with Gasteiger partial charge in [0.05, 0.1) is 0 Å². The van der Waals surface area contributed by atoms with E-state index in [1.165, 1.54) is 0 Å². The summed E-state index contributed by atoms with van der Waals surface area (Å²) in [5.41, 5.74) is 0.545. The zero-order valence-corrected chi connectivity index (χ0v) is 12.4. The highest BCUT2D eigenvalue weighted by Crippen LogP contribution is 2.13. The van der Waals surface area contributed by atoms with Crippen LogP contribution in [0.15, 0.2) is 24.3 Å². The zero-order valence-electron chi connectivity index (χ0n) is 12.4. The van der Waals surface area contributed by atoms with E-state index in [9.17, 15) is 4.79 Å². The summed E-state index contributed by atoms with van der Waals surface area (Å²) in [6.45, 7) is 3.41. The molecule has 118 valence electrons. The van der Waals surface area contributed by atoms with Gasteiger partial charge in [-0.3, -0.25) is 4.79 Å². The second-order valence-electron chi connectivity index (χ2n) is 4.56. The number of hydrogen-bond acceptors (Lipinski definition) is 6. The van der Waals surface area contributed by atoms with E-state index >= 15 is 0 Å². The molecule has 1 aromatic heterocycles. The summed E-state index contributed by atoms with van der Waals surface area (Å²) >= 11 is 0. The fraction of sp³-hybridized carbons (Fsp3) is 0.429. The Kier molecular flexibility index (Phi) is 5.84. The standard InChI is InChI=1S/C14H19N5O3/c1-2-19-13(16-17-18-19)10-22-12-6-4-11(5-7-12)14(21)15-8-3-9-20/h4-7,20H,2-3,8-10H2,1H3,(H,15,21). The maximum atomic E-state index is 11.8. The van der Waals surface area contributed by atoms with Gasteiger partial charge in [-0.15, -0.1) is 5.10 Å². The highest BCUT2D eigenvalue weighted by atomic mass is 16.5. The summed E-state index contributed by atoms with van der Waals surface area (Å²) < 4.78 is 7.25. The first-order chi connectivity index (χ1) is 10.7. The Morgan fingerprint density at radius 2 is 2.14 bits per heavy atom. The molecule has 0 spiro atoms. The summed E-state index contributed by atoms with van der Waals surface area (Å²) in [6, 6.07) is 6.82. The number of aromatic nitrogens is 4. The van der Waals surface area contributed by atoms with Crippen LogP contribution in [-0.4, -0.2) is 44.4 Å². The predicted octanol–water partition coefficient (Wildman–Crippen LogP) is 0.384. The molecule has 0 aliphatic heterocycles. The average Bonchev–Trinajstić information content (AvgIpc) is 3.01. The first kappa shape index (κ1) is 15.9. The van der Waals surface area contributed by atoms with Gasteiger partial charge in [-0.05, 0) is 48.0 Å². The SMILES string of the molecule is CCn1nnnc1COc1ccc(C(=O)NCCCO)cc1. The van der Waals surface area contributed by atoms with E-state index in [0.29, 0.717) is 36.6 Å². The van der Waals surface area contributed by atoms with Crippen molar-refractivity contribution in [1.82, 2.24) is 25.5 Å². The Bertz CT molecular complexity index is 597. The van der Waals surface area contributed by atoms with Gasteiger partial charge in [0.25, 0.3) is 5.91 Å². The van der Waals surface area contributed by atoms with Crippen molar-refractivity contribution in [2.75, 3.05) is 13.2 Å². The van der Waals surface area contributed by atoms with Crippen LogP contribution in [0.3, 0.4) is 0 Å². The van der Waals surface area contributed by atoms with Crippen molar-refractivity contribution in [3.63, 3.8) is 0 Å². The van der Waals surface area contributed by atoms with E-state index in [4.69, 9.17) is 9.84 Å². The lowest BCUT2D eigenvalue weighted by Gasteiger charge is -2.07. The number of aliphatic hydroxyl groups is 1. The van der Waals surface area contributed by atoms with E-state index in [2.05, 4.69) is 20.8 Å². The molecular formula is C14H19N5O3. The number of ether oxygens (including phenoxy) is 1. The van der Waals surface area contributed by atoms with Crippen molar-refractivity contribution in [2.45, 2.75) is 26.5 Å². The maximum absolute atomic E-state index is 11.8. The van der Waals surface area contributed by atoms with Crippen LogP contribution in [0.4, 0.5) is 0 Å². The third-order valence-corrected chi connectivity index (χ3v) is 3.01. The molecule has 0 atom stereocenters. The Labute approximate surface area is 128 Å². The number of carbonyl (C=O) groups is 1. The van der Waals surface area contributed by atoms with Crippen molar-refractivity contribution in [1.29, 1.82) is 0 Å². The van der Waals surface area contributed by atoms with Gasteiger partial charge in [0.2, 0.25) is 0 Å². The molecule has 2 rings (SSSR count). The Balaban J connectivity index is 1.87. The van der Waals surface area contributed by atoms with Crippen LogP contribution in [-0.2, 0) is 13.2 Å². The largest absolute Gasteiger partial charge is 0.486 e. The van der Waals surface area contributed by atoms with Crippen LogP contribution in [0.1, 0.15) is 29.5 Å². The number of tetrazole rings is 1. The third kappa shape index (κ3) is 4.26. The molecule has 0 unspecified atom stereocenters. The fourth-order valence-electron chi connectivity index (χ4n) is 1.81. The van der Waals surface area contributed by atoms with Crippen LogP contribution < -0.4 is 10.1 Å². The molecule has 0 aliphatic rings. The average molecular weight is 305 g/mol. The number of nitrogens with zero attached hydrogens (tertiary/aromatic N) is 4. The second kappa shape index (κ2) is 8.08. The van der Waals surface area contributed by atoms with Gasteiger partial charge in [-0.25, -0.2) is 4.68 Å². The molecule has 0 aliphatic carbocycles. The lowest BCUT2D eigenvalue weighted by molar-refractivity contribution is 0.0951. The maximum Gasteiger partial charge on any atom is 0.251 e. The van der Waals surface area contributed by atoms with Crippen molar-refractivity contribution < 1.29 is 14.6 Å². The molecule has 22 heavy (non-hydrogen) atoms. The number of aliphatic hydroxyl groups excluding tert-OH is 1. The van der Waals surface area contributed by atoms with Gasteiger partial charge >= 0.3 is 0 Å². The van der Waals surface area contributed by atoms with Gasteiger partial charge in [0.15, 0.2) is 5.82 Å².